The number of rotatable bonds is 0. The molecule has 0 spiro atoms. The van der Waals surface area contributed by atoms with E-state index in [1.54, 1.807) is 0 Å². The molecule has 0 saturated heterocycles. The molecule has 0 amide bonds. The zero-order valence-corrected chi connectivity index (χ0v) is 14.5. The Bertz CT molecular complexity index is 303. The Morgan fingerprint density at radius 1 is 0.650 bits per heavy atom. The molecular weight excluding hydrogens is 288 g/mol. The average molecular weight is 314 g/mol. The van der Waals surface area contributed by atoms with Crippen LogP contribution in [0.3, 0.4) is 0 Å². The van der Waals surface area contributed by atoms with Gasteiger partial charge >= 0.3 is 98.3 Å². The quantitative estimate of drug-likeness (QED) is 0.627. The minimum absolute atomic E-state index is 0.750. The van der Waals surface area contributed by atoms with E-state index in [1.807, 2.05) is 22.3 Å². The van der Waals surface area contributed by atoms with E-state index in [4.69, 9.17) is 15.3 Å². The fraction of sp³-hybridized carbons (Fsp3) is 0.750. The van der Waals surface area contributed by atoms with Crippen molar-refractivity contribution < 1.29 is 35.8 Å². The van der Waals surface area contributed by atoms with Crippen molar-refractivity contribution in [2.24, 2.45) is 0 Å². The molecule has 112 valence electrons. The molecule has 4 heteroatoms. The molecule has 0 saturated carbocycles. The Balaban J connectivity index is 0.000000538. The summed E-state index contributed by atoms with van der Waals surface area (Å²) in [5.74, 6) is 0. The summed E-state index contributed by atoms with van der Waals surface area (Å²) < 4.78 is 0.834. The molecule has 0 aliphatic heterocycles. The topological polar surface area (TPSA) is 69.2 Å². The van der Waals surface area contributed by atoms with Crippen molar-refractivity contribution in [2.45, 2.75) is 55.6 Å². The van der Waals surface area contributed by atoms with Crippen LogP contribution in [-0.4, -0.2) is 21.3 Å². The summed E-state index contributed by atoms with van der Waals surface area (Å²) in [5, 5.41) is 24.8. The molecule has 3 nitrogen and oxygen atoms in total. The van der Waals surface area contributed by atoms with Gasteiger partial charge in [-0.3, -0.25) is 0 Å². The van der Waals surface area contributed by atoms with Crippen molar-refractivity contribution in [3.63, 3.8) is 0 Å². The van der Waals surface area contributed by atoms with Gasteiger partial charge in [0.05, 0.1) is 0 Å². The second-order valence-corrected chi connectivity index (χ2v) is 5.76. The Labute approximate surface area is 135 Å². The molecule has 0 bridgehead atoms. The summed E-state index contributed by atoms with van der Waals surface area (Å²) >= 11 is 2.45. The van der Waals surface area contributed by atoms with E-state index in [-0.39, 0.29) is 0 Å². The summed E-state index contributed by atoms with van der Waals surface area (Å²) in [6.07, 6.45) is 11.4. The Morgan fingerprint density at radius 3 is 1.30 bits per heavy atom. The third kappa shape index (κ3) is 4.54. The maximum absolute atomic E-state index is 8.25. The summed E-state index contributed by atoms with van der Waals surface area (Å²) in [7, 11) is 2.25. The van der Waals surface area contributed by atoms with Crippen molar-refractivity contribution in [1.82, 2.24) is 0 Å². The normalized spacial score (nSPS) is 20.6. The molecule has 20 heavy (non-hydrogen) atoms. The van der Waals surface area contributed by atoms with E-state index >= 15 is 0 Å². The van der Waals surface area contributed by atoms with Crippen molar-refractivity contribution in [1.29, 1.82) is 0 Å². The summed E-state index contributed by atoms with van der Waals surface area (Å²) in [5.41, 5.74) is 7.31. The predicted molar refractivity (Wildman–Crippen MR) is 72.5 cm³/mol. The molecule has 3 aliphatic rings. The molecular formula is C16H26O3Ti. The first-order chi connectivity index (χ1) is 9.88. The van der Waals surface area contributed by atoms with Gasteiger partial charge in [0.25, 0.3) is 0 Å². The van der Waals surface area contributed by atoms with E-state index in [1.165, 1.54) is 51.4 Å². The molecule has 0 atom stereocenters. The molecule has 3 rings (SSSR count). The molecule has 0 unspecified atom stereocenters. The molecule has 0 fully saturated rings. The molecule has 0 aromatic rings. The summed E-state index contributed by atoms with van der Waals surface area (Å²) in [6.45, 7) is 0. The van der Waals surface area contributed by atoms with Gasteiger partial charge < -0.3 is 15.3 Å². The first-order valence-electron chi connectivity index (χ1n) is 7.25. The second-order valence-electron chi connectivity index (χ2n) is 4.85. The van der Waals surface area contributed by atoms with Crippen LogP contribution >= 0.6 is 0 Å². The van der Waals surface area contributed by atoms with Gasteiger partial charge in [-0.2, -0.15) is 21.3 Å². The first kappa shape index (κ1) is 20.1. The number of fused-ring (bicyclic) bond motifs is 1. The minimum atomic E-state index is 0.750. The van der Waals surface area contributed by atoms with Crippen LogP contribution in [-0.2, 0) is 20.4 Å². The van der Waals surface area contributed by atoms with E-state index in [2.05, 4.69) is 20.4 Å². The monoisotopic (exact) mass is 314 g/mol. The Kier molecular flexibility index (Phi) is 11.7. The third-order valence-electron chi connectivity index (χ3n) is 4.08. The molecule has 0 aromatic carbocycles. The second kappa shape index (κ2) is 11.7. The molecule has 0 radical (unpaired) electrons. The van der Waals surface area contributed by atoms with Gasteiger partial charge in [-0.25, -0.2) is 0 Å². The third-order valence-corrected chi connectivity index (χ3v) is 5.17. The van der Waals surface area contributed by atoms with Crippen LogP contribution < -0.4 is 15.3 Å². The number of hydrogen-bond donors (Lipinski definition) is 0. The van der Waals surface area contributed by atoms with E-state index in [0.717, 1.165) is 25.6 Å². The van der Waals surface area contributed by atoms with Gasteiger partial charge in [0.15, 0.2) is 0 Å². The zero-order valence-electron chi connectivity index (χ0n) is 13.0. The van der Waals surface area contributed by atoms with Gasteiger partial charge in [-0.1, -0.05) is 0 Å². The summed E-state index contributed by atoms with van der Waals surface area (Å²) in [6, 6.07) is 0. The van der Waals surface area contributed by atoms with Gasteiger partial charge in [0.2, 0.25) is 0 Å². The van der Waals surface area contributed by atoms with Crippen LogP contribution in [0.2, 0.25) is 4.22 Å². The first-order valence-corrected chi connectivity index (χ1v) is 8.16. The SMILES string of the molecule is C[O-].C[O-].C[O-].[Ti+3][CH]1C2=C(CCCC2)C2=C1CCCC2. The predicted octanol–water partition coefficient (Wildman–Crippen LogP) is 1.01. The van der Waals surface area contributed by atoms with E-state index in [0.29, 0.717) is 0 Å². The maximum atomic E-state index is 8.25. The van der Waals surface area contributed by atoms with Crippen LogP contribution in [0.25, 0.3) is 0 Å². The van der Waals surface area contributed by atoms with Crippen LogP contribution in [0.1, 0.15) is 51.4 Å². The van der Waals surface area contributed by atoms with Crippen molar-refractivity contribution in [3.05, 3.63) is 22.3 Å². The van der Waals surface area contributed by atoms with Crippen molar-refractivity contribution in [2.75, 3.05) is 21.3 Å². The molecule has 0 heterocycles. The van der Waals surface area contributed by atoms with Gasteiger partial charge in [-0.05, 0) is 0 Å². The average Bonchev–Trinajstić information content (AvgIpc) is 2.87. The van der Waals surface area contributed by atoms with Crippen molar-refractivity contribution >= 4 is 0 Å². The van der Waals surface area contributed by atoms with Crippen LogP contribution in [0.5, 0.6) is 0 Å². The van der Waals surface area contributed by atoms with Gasteiger partial charge in [-0.15, -0.1) is 0 Å². The van der Waals surface area contributed by atoms with Gasteiger partial charge in [0.1, 0.15) is 0 Å². The standard InChI is InChI=1S/C13H17.3CH3O.Ti/c1-3-7-12-10(5-1)9-11-6-2-4-8-13(11)12;3*1-2;/h9H,1-8H2;3*1H3;/q;3*-1;+3. The number of hydrogen-bond acceptors (Lipinski definition) is 3. The fourth-order valence-corrected chi connectivity index (χ4v) is 4.39. The molecule has 3 aliphatic carbocycles. The van der Waals surface area contributed by atoms with E-state index in [9.17, 15) is 0 Å². The zero-order chi connectivity index (χ0) is 15.5. The van der Waals surface area contributed by atoms with Crippen LogP contribution in [0.4, 0.5) is 0 Å². The van der Waals surface area contributed by atoms with Crippen LogP contribution in [0.15, 0.2) is 22.3 Å². The van der Waals surface area contributed by atoms with E-state index < -0.39 is 0 Å². The fourth-order valence-electron chi connectivity index (χ4n) is 3.39. The summed E-state index contributed by atoms with van der Waals surface area (Å²) in [4.78, 5) is 0. The van der Waals surface area contributed by atoms with Crippen LogP contribution in [0, 0.1) is 0 Å². The number of allylic oxidation sites excluding steroid dienone is 4. The molecule has 0 N–H and O–H groups in total. The van der Waals surface area contributed by atoms with Gasteiger partial charge in [0, 0.05) is 0 Å². The Morgan fingerprint density at radius 2 is 0.950 bits per heavy atom. The Hall–Kier alpha value is 0.0743. The van der Waals surface area contributed by atoms with Crippen molar-refractivity contribution in [3.8, 4) is 0 Å². The molecule has 0 aromatic heterocycles.